The van der Waals surface area contributed by atoms with Crippen LogP contribution in [0.5, 0.6) is 5.75 Å². The highest BCUT2D eigenvalue weighted by Crippen LogP contribution is 2.21. The van der Waals surface area contributed by atoms with Crippen LogP contribution in [0.4, 0.5) is 0 Å². The third-order valence-corrected chi connectivity index (χ3v) is 2.54. The summed E-state index contributed by atoms with van der Waals surface area (Å²) in [4.78, 5) is 12.1. The molecule has 0 aliphatic heterocycles. The summed E-state index contributed by atoms with van der Waals surface area (Å²) in [5.74, 6) is -0.119. The zero-order valence-electron chi connectivity index (χ0n) is 8.97. The Morgan fingerprint density at radius 2 is 1.50 bits per heavy atom. The number of hydrogen-bond donors (Lipinski definition) is 1. The Labute approximate surface area is 94.2 Å². The van der Waals surface area contributed by atoms with Crippen molar-refractivity contribution in [2.24, 2.45) is 0 Å². The molecule has 80 valence electrons. The Morgan fingerprint density at radius 1 is 0.938 bits per heavy atom. The van der Waals surface area contributed by atoms with Gasteiger partial charge in [-0.25, -0.2) is 0 Å². The Balaban J connectivity index is 2.48. The molecular weight excluding hydrogens is 200 g/mol. The van der Waals surface area contributed by atoms with E-state index < -0.39 is 0 Å². The van der Waals surface area contributed by atoms with E-state index in [9.17, 15) is 9.90 Å². The number of hydrogen-bond acceptors (Lipinski definition) is 2. The maximum atomic E-state index is 12.1. The summed E-state index contributed by atoms with van der Waals surface area (Å²) < 4.78 is 0. The second kappa shape index (κ2) is 4.19. The number of phenols is 1. The minimum Gasteiger partial charge on any atom is -0.507 e. The molecule has 0 saturated heterocycles. The average Bonchev–Trinajstić information content (AvgIpc) is 2.29. The molecule has 1 N–H and O–H groups in total. The van der Waals surface area contributed by atoms with Crippen LogP contribution in [0.1, 0.15) is 21.5 Å². The number of rotatable bonds is 2. The lowest BCUT2D eigenvalue weighted by Crippen LogP contribution is -2.03. The monoisotopic (exact) mass is 212 g/mol. The maximum Gasteiger partial charge on any atom is 0.197 e. The molecule has 2 heteroatoms. The molecule has 0 amide bonds. The first-order chi connectivity index (χ1) is 7.70. The van der Waals surface area contributed by atoms with Crippen molar-refractivity contribution in [2.45, 2.75) is 6.92 Å². The first kappa shape index (κ1) is 10.4. The lowest BCUT2D eigenvalue weighted by Gasteiger charge is -2.05. The van der Waals surface area contributed by atoms with Crippen molar-refractivity contribution in [1.82, 2.24) is 0 Å². The summed E-state index contributed by atoms with van der Waals surface area (Å²) in [6.07, 6.45) is 0. The van der Waals surface area contributed by atoms with Gasteiger partial charge < -0.3 is 5.11 Å². The zero-order valence-corrected chi connectivity index (χ0v) is 8.97. The molecule has 0 aliphatic carbocycles. The molecule has 0 atom stereocenters. The molecule has 0 radical (unpaired) electrons. The summed E-state index contributed by atoms with van der Waals surface area (Å²) in [7, 11) is 0. The van der Waals surface area contributed by atoms with Gasteiger partial charge in [0.25, 0.3) is 0 Å². The number of ketones is 1. The van der Waals surface area contributed by atoms with E-state index in [0.29, 0.717) is 11.1 Å². The van der Waals surface area contributed by atoms with E-state index in [1.54, 1.807) is 24.3 Å². The number of aromatic hydroxyl groups is 1. The molecule has 0 aliphatic rings. The van der Waals surface area contributed by atoms with Gasteiger partial charge in [0.05, 0.1) is 5.56 Å². The summed E-state index contributed by atoms with van der Waals surface area (Å²) in [6, 6.07) is 13.9. The van der Waals surface area contributed by atoms with Crippen LogP contribution >= 0.6 is 0 Å². The highest BCUT2D eigenvalue weighted by Gasteiger charge is 2.13. The molecule has 0 unspecified atom stereocenters. The fourth-order valence-electron chi connectivity index (χ4n) is 1.64. The van der Waals surface area contributed by atoms with E-state index in [-0.39, 0.29) is 11.5 Å². The number of carbonyl (C=O) groups is 1. The number of para-hydroxylation sites is 1. The zero-order chi connectivity index (χ0) is 11.5. The second-order valence-electron chi connectivity index (χ2n) is 3.66. The molecular formula is C14H12O2. The predicted molar refractivity (Wildman–Crippen MR) is 62.7 cm³/mol. The van der Waals surface area contributed by atoms with Gasteiger partial charge in [0.2, 0.25) is 0 Å². The molecule has 0 fully saturated rings. The van der Waals surface area contributed by atoms with E-state index >= 15 is 0 Å². The van der Waals surface area contributed by atoms with E-state index in [0.717, 1.165) is 5.56 Å². The molecule has 0 heterocycles. The van der Waals surface area contributed by atoms with Crippen LogP contribution in [0.25, 0.3) is 0 Å². The minimum absolute atomic E-state index is 0.0238. The smallest absolute Gasteiger partial charge is 0.197 e. The molecule has 16 heavy (non-hydrogen) atoms. The summed E-state index contributed by atoms with van der Waals surface area (Å²) in [5, 5.41) is 9.61. The van der Waals surface area contributed by atoms with Gasteiger partial charge in [0.1, 0.15) is 5.75 Å². The summed E-state index contributed by atoms with van der Waals surface area (Å²) >= 11 is 0. The van der Waals surface area contributed by atoms with Crippen LogP contribution in [-0.2, 0) is 0 Å². The first-order valence-corrected chi connectivity index (χ1v) is 5.08. The van der Waals surface area contributed by atoms with Gasteiger partial charge in [-0.1, -0.05) is 36.4 Å². The van der Waals surface area contributed by atoms with Crippen LogP contribution in [0.2, 0.25) is 0 Å². The lowest BCUT2D eigenvalue weighted by atomic mass is 9.99. The number of carbonyl (C=O) groups excluding carboxylic acids is 1. The minimum atomic E-state index is -0.142. The van der Waals surface area contributed by atoms with Gasteiger partial charge in [0, 0.05) is 5.56 Å². The second-order valence-corrected chi connectivity index (χ2v) is 3.66. The van der Waals surface area contributed by atoms with Gasteiger partial charge in [-0.15, -0.1) is 0 Å². The fourth-order valence-corrected chi connectivity index (χ4v) is 1.64. The third-order valence-electron chi connectivity index (χ3n) is 2.54. The molecule has 0 bridgehead atoms. The van der Waals surface area contributed by atoms with Crippen molar-refractivity contribution in [1.29, 1.82) is 0 Å². The highest BCUT2D eigenvalue weighted by atomic mass is 16.3. The Morgan fingerprint density at radius 3 is 2.12 bits per heavy atom. The third kappa shape index (κ3) is 1.82. The average molecular weight is 212 g/mol. The van der Waals surface area contributed by atoms with Gasteiger partial charge in [-0.3, -0.25) is 4.79 Å². The standard InChI is InChI=1S/C14H12O2/c1-10-6-2-3-7-11(10)14(16)12-8-4-5-9-13(12)15/h2-9,15H,1H3. The van der Waals surface area contributed by atoms with Crippen molar-refractivity contribution in [3.63, 3.8) is 0 Å². The van der Waals surface area contributed by atoms with Crippen LogP contribution in [0, 0.1) is 6.92 Å². The quantitative estimate of drug-likeness (QED) is 0.777. The molecule has 0 saturated carbocycles. The molecule has 2 aromatic carbocycles. The normalized spacial score (nSPS) is 10.1. The summed E-state index contributed by atoms with van der Waals surface area (Å²) in [5.41, 5.74) is 1.89. The van der Waals surface area contributed by atoms with E-state index in [1.165, 1.54) is 6.07 Å². The van der Waals surface area contributed by atoms with Crippen molar-refractivity contribution >= 4 is 5.78 Å². The van der Waals surface area contributed by atoms with E-state index in [2.05, 4.69) is 0 Å². The fraction of sp³-hybridized carbons (Fsp3) is 0.0714. The number of phenolic OH excluding ortho intramolecular Hbond substituents is 1. The lowest BCUT2D eigenvalue weighted by molar-refractivity contribution is 0.103. The molecule has 0 aromatic heterocycles. The van der Waals surface area contributed by atoms with Crippen LogP contribution < -0.4 is 0 Å². The molecule has 0 spiro atoms. The first-order valence-electron chi connectivity index (χ1n) is 5.08. The summed E-state index contributed by atoms with van der Waals surface area (Å²) in [6.45, 7) is 1.88. The van der Waals surface area contributed by atoms with E-state index in [1.807, 2.05) is 25.1 Å². The van der Waals surface area contributed by atoms with Gasteiger partial charge in [-0.2, -0.15) is 0 Å². The Kier molecular flexibility index (Phi) is 2.73. The Hall–Kier alpha value is -2.09. The highest BCUT2D eigenvalue weighted by molar-refractivity contribution is 6.11. The SMILES string of the molecule is Cc1ccccc1C(=O)c1ccccc1O. The van der Waals surface area contributed by atoms with Crippen molar-refractivity contribution in [3.05, 3.63) is 65.2 Å². The van der Waals surface area contributed by atoms with Gasteiger partial charge in [-0.05, 0) is 24.6 Å². The van der Waals surface area contributed by atoms with Crippen LogP contribution in [-0.4, -0.2) is 10.9 Å². The van der Waals surface area contributed by atoms with Gasteiger partial charge in [0.15, 0.2) is 5.78 Å². The van der Waals surface area contributed by atoms with E-state index in [4.69, 9.17) is 0 Å². The topological polar surface area (TPSA) is 37.3 Å². The molecule has 2 rings (SSSR count). The van der Waals surface area contributed by atoms with Crippen LogP contribution in [0.15, 0.2) is 48.5 Å². The maximum absolute atomic E-state index is 12.1. The largest absolute Gasteiger partial charge is 0.507 e. The number of benzene rings is 2. The van der Waals surface area contributed by atoms with Gasteiger partial charge >= 0.3 is 0 Å². The number of aryl methyl sites for hydroxylation is 1. The predicted octanol–water partition coefficient (Wildman–Crippen LogP) is 2.93. The molecule has 2 nitrogen and oxygen atoms in total. The van der Waals surface area contributed by atoms with Crippen molar-refractivity contribution in [3.8, 4) is 5.75 Å². The van der Waals surface area contributed by atoms with Crippen molar-refractivity contribution < 1.29 is 9.90 Å². The Bertz CT molecular complexity index is 482. The molecule has 2 aromatic rings. The van der Waals surface area contributed by atoms with Crippen molar-refractivity contribution in [2.75, 3.05) is 0 Å². The van der Waals surface area contributed by atoms with Crippen LogP contribution in [0.3, 0.4) is 0 Å².